The van der Waals surface area contributed by atoms with E-state index in [9.17, 15) is 14.7 Å². The van der Waals surface area contributed by atoms with Crippen molar-refractivity contribution in [2.45, 2.75) is 19.4 Å². The van der Waals surface area contributed by atoms with Crippen molar-refractivity contribution in [1.82, 2.24) is 5.01 Å². The van der Waals surface area contributed by atoms with Crippen LogP contribution in [0.3, 0.4) is 0 Å². The van der Waals surface area contributed by atoms with Crippen molar-refractivity contribution in [3.05, 3.63) is 83.3 Å². The van der Waals surface area contributed by atoms with Crippen LogP contribution in [0, 0.1) is 6.92 Å². The van der Waals surface area contributed by atoms with Gasteiger partial charge >= 0.3 is 5.97 Å². The third-order valence-corrected chi connectivity index (χ3v) is 5.16. The smallest absolute Gasteiger partial charge is 0.342 e. The summed E-state index contributed by atoms with van der Waals surface area (Å²) in [6.45, 7) is 1.26. The second kappa shape index (κ2) is 8.97. The number of phenols is 1. The lowest BCUT2D eigenvalue weighted by molar-refractivity contribution is -0.136. The van der Waals surface area contributed by atoms with Gasteiger partial charge in [0.1, 0.15) is 28.9 Å². The van der Waals surface area contributed by atoms with Crippen LogP contribution in [0.2, 0.25) is 0 Å². The second-order valence-corrected chi connectivity index (χ2v) is 7.35. The Kier molecular flexibility index (Phi) is 5.93. The van der Waals surface area contributed by atoms with Crippen molar-refractivity contribution >= 4 is 17.6 Å². The number of nitrogens with zero attached hydrogens (tertiary/aromatic N) is 2. The summed E-state index contributed by atoms with van der Waals surface area (Å²) in [4.78, 5) is 25.3. The Morgan fingerprint density at radius 3 is 2.66 bits per heavy atom. The van der Waals surface area contributed by atoms with Crippen LogP contribution in [-0.4, -0.2) is 41.4 Å². The van der Waals surface area contributed by atoms with Crippen molar-refractivity contribution in [3.8, 4) is 11.5 Å². The average Bonchev–Trinajstić information content (AvgIpc) is 3.49. The molecule has 4 rings (SSSR count). The highest BCUT2D eigenvalue weighted by atomic mass is 16.5. The number of phenolic OH excluding ortho intramolecular Hbond substituents is 1. The number of aryl methyl sites for hydroxylation is 1. The molecule has 1 atom stereocenters. The fourth-order valence-electron chi connectivity index (χ4n) is 3.49. The van der Waals surface area contributed by atoms with E-state index in [1.54, 1.807) is 32.2 Å². The number of carbonyl (C=O) groups excluding carboxylic acids is 2. The lowest BCUT2D eigenvalue weighted by Gasteiger charge is -2.19. The largest absolute Gasteiger partial charge is 0.507 e. The molecule has 164 valence electrons. The highest BCUT2D eigenvalue weighted by Crippen LogP contribution is 2.33. The minimum atomic E-state index is -0.785. The summed E-state index contributed by atoms with van der Waals surface area (Å²) in [7, 11) is 1.59. The second-order valence-electron chi connectivity index (χ2n) is 7.35. The number of carbonyl (C=O) groups is 2. The Morgan fingerprint density at radius 2 is 1.97 bits per heavy atom. The fraction of sp³-hybridized carbons (Fsp3) is 0.208. The molecule has 0 radical (unpaired) electrons. The number of hydrogen-bond donors (Lipinski definition) is 1. The first-order valence-electron chi connectivity index (χ1n) is 10.0. The molecule has 32 heavy (non-hydrogen) atoms. The molecule has 1 aromatic heterocycles. The molecule has 1 aliphatic heterocycles. The van der Waals surface area contributed by atoms with Gasteiger partial charge in [-0.05, 0) is 61.0 Å². The van der Waals surface area contributed by atoms with Gasteiger partial charge in [0.05, 0.1) is 19.1 Å². The molecule has 8 heteroatoms. The first-order valence-corrected chi connectivity index (χ1v) is 10.0. The molecule has 0 saturated heterocycles. The number of aromatic hydroxyl groups is 1. The first-order chi connectivity index (χ1) is 15.5. The van der Waals surface area contributed by atoms with Gasteiger partial charge in [0.2, 0.25) is 0 Å². The van der Waals surface area contributed by atoms with Crippen LogP contribution in [0.15, 0.2) is 70.4 Å². The van der Waals surface area contributed by atoms with Gasteiger partial charge in [-0.2, -0.15) is 5.10 Å². The maximum Gasteiger partial charge on any atom is 0.342 e. The molecule has 0 spiro atoms. The zero-order chi connectivity index (χ0) is 22.7. The first kappa shape index (κ1) is 21.2. The molecule has 0 saturated carbocycles. The van der Waals surface area contributed by atoms with Crippen molar-refractivity contribution in [2.75, 3.05) is 13.7 Å². The van der Waals surface area contributed by atoms with Crippen LogP contribution in [-0.2, 0) is 9.53 Å². The van der Waals surface area contributed by atoms with Gasteiger partial charge in [0.25, 0.3) is 5.91 Å². The Labute approximate surface area is 184 Å². The summed E-state index contributed by atoms with van der Waals surface area (Å²) in [5.74, 6) is -0.201. The number of ether oxygens (including phenoxy) is 2. The van der Waals surface area contributed by atoms with Crippen molar-refractivity contribution in [1.29, 1.82) is 0 Å². The topological polar surface area (TPSA) is 102 Å². The summed E-state index contributed by atoms with van der Waals surface area (Å²) in [6.07, 6.45) is 1.97. The predicted octanol–water partition coefficient (Wildman–Crippen LogP) is 3.84. The van der Waals surface area contributed by atoms with Crippen molar-refractivity contribution < 1.29 is 28.6 Å². The van der Waals surface area contributed by atoms with E-state index in [2.05, 4.69) is 5.10 Å². The molecule has 0 fully saturated rings. The van der Waals surface area contributed by atoms with Crippen LogP contribution in [0.4, 0.5) is 0 Å². The van der Waals surface area contributed by atoms with E-state index in [-0.39, 0.29) is 11.3 Å². The molecule has 8 nitrogen and oxygen atoms in total. The Hall–Kier alpha value is -4.07. The van der Waals surface area contributed by atoms with E-state index >= 15 is 0 Å². The molecule has 2 heterocycles. The van der Waals surface area contributed by atoms with Gasteiger partial charge in [0, 0.05) is 6.42 Å². The number of benzene rings is 2. The van der Waals surface area contributed by atoms with Crippen LogP contribution in [0.25, 0.3) is 0 Å². The molecule has 1 aliphatic rings. The lowest BCUT2D eigenvalue weighted by atomic mass is 10.0. The fourth-order valence-corrected chi connectivity index (χ4v) is 3.49. The molecule has 0 bridgehead atoms. The Morgan fingerprint density at radius 1 is 1.19 bits per heavy atom. The number of furan rings is 1. The van der Waals surface area contributed by atoms with E-state index in [0.29, 0.717) is 23.6 Å². The van der Waals surface area contributed by atoms with Crippen LogP contribution < -0.4 is 4.74 Å². The van der Waals surface area contributed by atoms with Gasteiger partial charge in [-0.3, -0.25) is 4.79 Å². The van der Waals surface area contributed by atoms with Gasteiger partial charge in [-0.25, -0.2) is 9.80 Å². The van der Waals surface area contributed by atoms with Crippen molar-refractivity contribution in [3.63, 3.8) is 0 Å². The number of hydrazone groups is 1. The van der Waals surface area contributed by atoms with E-state index in [1.165, 1.54) is 23.4 Å². The molecular formula is C24H22N2O6. The lowest BCUT2D eigenvalue weighted by Crippen LogP contribution is -2.31. The molecule has 1 N–H and O–H groups in total. The number of rotatable bonds is 6. The maximum absolute atomic E-state index is 12.9. The standard InChI is InChI=1S/C24H22N2O6/c1-15-5-10-21(27)18(12-15)24(29)32-14-23(28)26-20(22-4-3-11-31-22)13-19(25-26)16-6-8-17(30-2)9-7-16/h3-12,20,27H,13-14H2,1-2H3. The van der Waals surface area contributed by atoms with Gasteiger partial charge in [-0.15, -0.1) is 0 Å². The Bertz CT molecular complexity index is 1150. The minimum absolute atomic E-state index is 0.00392. The molecule has 1 amide bonds. The summed E-state index contributed by atoms with van der Waals surface area (Å²) < 4.78 is 15.9. The normalized spacial score (nSPS) is 15.4. The van der Waals surface area contributed by atoms with E-state index in [1.807, 2.05) is 24.3 Å². The zero-order valence-electron chi connectivity index (χ0n) is 17.6. The highest BCUT2D eigenvalue weighted by Gasteiger charge is 2.35. The molecular weight excluding hydrogens is 412 g/mol. The maximum atomic E-state index is 12.9. The SMILES string of the molecule is COc1ccc(C2=NN(C(=O)COC(=O)c3cc(C)ccc3O)C(c3ccco3)C2)cc1. The monoisotopic (exact) mass is 434 g/mol. The molecule has 2 aromatic carbocycles. The van der Waals surface area contributed by atoms with Crippen LogP contribution in [0.5, 0.6) is 11.5 Å². The number of amides is 1. The molecule has 3 aromatic rings. The van der Waals surface area contributed by atoms with Crippen LogP contribution >= 0.6 is 0 Å². The van der Waals surface area contributed by atoms with Gasteiger partial charge in [-0.1, -0.05) is 11.6 Å². The van der Waals surface area contributed by atoms with Crippen molar-refractivity contribution in [2.24, 2.45) is 5.10 Å². The van der Waals surface area contributed by atoms with E-state index in [0.717, 1.165) is 11.1 Å². The molecule has 0 aliphatic carbocycles. The average molecular weight is 434 g/mol. The van der Waals surface area contributed by atoms with Crippen LogP contribution in [0.1, 0.15) is 39.7 Å². The zero-order valence-corrected chi connectivity index (χ0v) is 17.6. The van der Waals surface area contributed by atoms with Gasteiger partial charge < -0.3 is 19.0 Å². The number of methoxy groups -OCH3 is 1. The summed E-state index contributed by atoms with van der Waals surface area (Å²) >= 11 is 0. The third-order valence-electron chi connectivity index (χ3n) is 5.16. The summed E-state index contributed by atoms with van der Waals surface area (Å²) in [6, 6.07) is 15.0. The minimum Gasteiger partial charge on any atom is -0.507 e. The Balaban J connectivity index is 1.52. The summed E-state index contributed by atoms with van der Waals surface area (Å²) in [5, 5.41) is 15.7. The predicted molar refractivity (Wildman–Crippen MR) is 116 cm³/mol. The summed E-state index contributed by atoms with van der Waals surface area (Å²) in [5.41, 5.74) is 2.33. The quantitative estimate of drug-likeness (QED) is 0.592. The van der Waals surface area contributed by atoms with E-state index in [4.69, 9.17) is 13.9 Å². The van der Waals surface area contributed by atoms with Gasteiger partial charge in [0.15, 0.2) is 6.61 Å². The molecule has 1 unspecified atom stereocenters. The third kappa shape index (κ3) is 4.34. The number of hydrogen-bond acceptors (Lipinski definition) is 7. The number of esters is 1. The highest BCUT2D eigenvalue weighted by molar-refractivity contribution is 6.03. The van der Waals surface area contributed by atoms with E-state index < -0.39 is 24.5 Å².